The van der Waals surface area contributed by atoms with Gasteiger partial charge in [0.15, 0.2) is 0 Å². The number of amides is 1. The monoisotopic (exact) mass is 425 g/mol. The summed E-state index contributed by atoms with van der Waals surface area (Å²) in [6.45, 7) is 7.94. The van der Waals surface area contributed by atoms with Gasteiger partial charge in [0.25, 0.3) is 0 Å². The Morgan fingerprint density at radius 2 is 1.75 bits per heavy atom. The Morgan fingerprint density at radius 3 is 2.44 bits per heavy atom. The van der Waals surface area contributed by atoms with E-state index >= 15 is 0 Å². The van der Waals surface area contributed by atoms with E-state index in [0.717, 1.165) is 50.0 Å². The van der Waals surface area contributed by atoms with Crippen LogP contribution in [0.1, 0.15) is 29.2 Å². The maximum Gasteiger partial charge on any atom is 0.248 e. The SMILES string of the molecule is COc1c(/C(C)=C/C(=O)Nc2ccccc2C)cc2c(-c3ccc(C)cc3)coc2c1C. The molecule has 0 saturated carbocycles. The van der Waals surface area contributed by atoms with E-state index in [1.54, 1.807) is 19.4 Å². The van der Waals surface area contributed by atoms with Gasteiger partial charge in [-0.2, -0.15) is 0 Å². The highest BCUT2D eigenvalue weighted by molar-refractivity contribution is 6.06. The Labute approximate surface area is 188 Å². The Morgan fingerprint density at radius 1 is 1.03 bits per heavy atom. The van der Waals surface area contributed by atoms with Crippen molar-refractivity contribution < 1.29 is 13.9 Å². The third kappa shape index (κ3) is 4.04. The summed E-state index contributed by atoms with van der Waals surface area (Å²) in [4.78, 5) is 12.7. The van der Waals surface area contributed by atoms with Crippen LogP contribution in [-0.4, -0.2) is 13.0 Å². The number of aryl methyl sites for hydroxylation is 3. The summed E-state index contributed by atoms with van der Waals surface area (Å²) in [6.07, 6.45) is 3.40. The first-order valence-corrected chi connectivity index (χ1v) is 10.6. The van der Waals surface area contributed by atoms with Crippen LogP contribution in [0.25, 0.3) is 27.7 Å². The number of rotatable bonds is 5. The summed E-state index contributed by atoms with van der Waals surface area (Å²) < 4.78 is 11.7. The molecule has 0 fully saturated rings. The molecule has 1 heterocycles. The van der Waals surface area contributed by atoms with E-state index < -0.39 is 0 Å². The van der Waals surface area contributed by atoms with Gasteiger partial charge in [-0.15, -0.1) is 0 Å². The van der Waals surface area contributed by atoms with Gasteiger partial charge in [-0.25, -0.2) is 0 Å². The first-order valence-electron chi connectivity index (χ1n) is 10.6. The van der Waals surface area contributed by atoms with Crippen molar-refractivity contribution in [3.8, 4) is 16.9 Å². The molecule has 0 bridgehead atoms. The second-order valence-electron chi connectivity index (χ2n) is 8.11. The number of ether oxygens (including phenoxy) is 1. The molecule has 0 aliphatic carbocycles. The molecule has 4 heteroatoms. The van der Waals surface area contributed by atoms with Crippen molar-refractivity contribution in [2.45, 2.75) is 27.7 Å². The van der Waals surface area contributed by atoms with E-state index in [0.29, 0.717) is 5.75 Å². The molecule has 4 nitrogen and oxygen atoms in total. The second kappa shape index (κ2) is 8.75. The van der Waals surface area contributed by atoms with Crippen molar-refractivity contribution in [1.82, 2.24) is 0 Å². The molecule has 3 aromatic carbocycles. The van der Waals surface area contributed by atoms with Gasteiger partial charge in [0.05, 0.1) is 13.4 Å². The van der Waals surface area contributed by atoms with E-state index in [9.17, 15) is 4.79 Å². The molecule has 1 aromatic heterocycles. The fraction of sp³-hybridized carbons (Fsp3) is 0.179. The van der Waals surface area contributed by atoms with E-state index in [-0.39, 0.29) is 5.91 Å². The summed E-state index contributed by atoms with van der Waals surface area (Å²) in [5.41, 5.74) is 8.51. The molecule has 4 rings (SSSR count). The Balaban J connectivity index is 1.77. The number of benzene rings is 3. The summed E-state index contributed by atoms with van der Waals surface area (Å²) in [6, 6.07) is 18.1. The van der Waals surface area contributed by atoms with E-state index in [4.69, 9.17) is 9.15 Å². The molecule has 0 radical (unpaired) electrons. The highest BCUT2D eigenvalue weighted by Crippen LogP contribution is 2.40. The van der Waals surface area contributed by atoms with Gasteiger partial charge < -0.3 is 14.5 Å². The Kier molecular flexibility index (Phi) is 5.87. The van der Waals surface area contributed by atoms with Crippen LogP contribution in [0.3, 0.4) is 0 Å². The Bertz CT molecular complexity index is 1330. The highest BCUT2D eigenvalue weighted by Gasteiger charge is 2.19. The molecule has 0 unspecified atom stereocenters. The number of methoxy groups -OCH3 is 1. The number of nitrogens with one attached hydrogen (secondary N) is 1. The van der Waals surface area contributed by atoms with Crippen LogP contribution < -0.4 is 10.1 Å². The average molecular weight is 426 g/mol. The molecule has 0 atom stereocenters. The van der Waals surface area contributed by atoms with E-state index in [1.807, 2.05) is 51.1 Å². The van der Waals surface area contributed by atoms with Crippen molar-refractivity contribution in [3.05, 3.63) is 89.2 Å². The van der Waals surface area contributed by atoms with Crippen LogP contribution in [0.4, 0.5) is 5.69 Å². The van der Waals surface area contributed by atoms with Gasteiger partial charge in [-0.3, -0.25) is 4.79 Å². The number of hydrogen-bond donors (Lipinski definition) is 1. The van der Waals surface area contributed by atoms with Gasteiger partial charge in [-0.1, -0.05) is 48.0 Å². The van der Waals surface area contributed by atoms with Crippen LogP contribution in [-0.2, 0) is 4.79 Å². The predicted molar refractivity (Wildman–Crippen MR) is 131 cm³/mol. The highest BCUT2D eigenvalue weighted by atomic mass is 16.5. The smallest absolute Gasteiger partial charge is 0.248 e. The molecule has 32 heavy (non-hydrogen) atoms. The first kappa shape index (κ1) is 21.4. The van der Waals surface area contributed by atoms with E-state index in [1.165, 1.54) is 5.56 Å². The van der Waals surface area contributed by atoms with Crippen LogP contribution in [0.15, 0.2) is 71.4 Å². The second-order valence-corrected chi connectivity index (χ2v) is 8.11. The number of carbonyl (C=O) groups excluding carboxylic acids is 1. The van der Waals surface area contributed by atoms with Crippen LogP contribution in [0, 0.1) is 20.8 Å². The summed E-state index contributed by atoms with van der Waals surface area (Å²) in [5, 5.41) is 3.96. The lowest BCUT2D eigenvalue weighted by atomic mass is 9.96. The normalized spacial score (nSPS) is 11.6. The minimum Gasteiger partial charge on any atom is -0.496 e. The lowest BCUT2D eigenvalue weighted by Gasteiger charge is -2.13. The van der Waals surface area contributed by atoms with Crippen LogP contribution in [0.5, 0.6) is 5.75 Å². The molecule has 0 aliphatic rings. The minimum absolute atomic E-state index is 0.178. The first-order chi connectivity index (χ1) is 15.4. The minimum atomic E-state index is -0.178. The van der Waals surface area contributed by atoms with Gasteiger partial charge >= 0.3 is 0 Å². The number of furan rings is 1. The number of fused-ring (bicyclic) bond motifs is 1. The molecule has 1 N–H and O–H groups in total. The van der Waals surface area contributed by atoms with Crippen molar-refractivity contribution in [2.75, 3.05) is 12.4 Å². The summed E-state index contributed by atoms with van der Waals surface area (Å²) in [7, 11) is 1.64. The quantitative estimate of drug-likeness (QED) is 0.348. The number of hydrogen-bond acceptors (Lipinski definition) is 3. The molecule has 4 aromatic rings. The number of carbonyl (C=O) groups is 1. The molecular formula is C28H27NO3. The molecule has 0 spiro atoms. The third-order valence-corrected chi connectivity index (χ3v) is 5.79. The molecular weight excluding hydrogens is 398 g/mol. The van der Waals surface area contributed by atoms with Crippen molar-refractivity contribution in [2.24, 2.45) is 0 Å². The molecule has 1 amide bonds. The maximum absolute atomic E-state index is 12.7. The average Bonchev–Trinajstić information content (AvgIpc) is 3.20. The van der Waals surface area contributed by atoms with Crippen molar-refractivity contribution in [3.63, 3.8) is 0 Å². The summed E-state index contributed by atoms with van der Waals surface area (Å²) >= 11 is 0. The Hall–Kier alpha value is -3.79. The fourth-order valence-corrected chi connectivity index (χ4v) is 3.98. The fourth-order valence-electron chi connectivity index (χ4n) is 3.98. The predicted octanol–water partition coefficient (Wildman–Crippen LogP) is 7.08. The van der Waals surface area contributed by atoms with Crippen molar-refractivity contribution >= 4 is 28.1 Å². The van der Waals surface area contributed by atoms with Crippen LogP contribution in [0.2, 0.25) is 0 Å². The standard InChI is InChI=1S/C28H27NO3/c1-17-10-12-21(13-11-17)24-16-32-28-20(4)27(31-5)22(15-23(24)28)19(3)14-26(30)29-25-9-7-6-8-18(25)2/h6-16H,1-5H3,(H,29,30)/b19-14+. The zero-order chi connectivity index (χ0) is 22.8. The van der Waals surface area contributed by atoms with Gasteiger partial charge in [0.2, 0.25) is 5.91 Å². The van der Waals surface area contributed by atoms with Crippen LogP contribution >= 0.6 is 0 Å². The number of allylic oxidation sites excluding steroid dienone is 1. The molecule has 162 valence electrons. The largest absolute Gasteiger partial charge is 0.496 e. The number of anilines is 1. The third-order valence-electron chi connectivity index (χ3n) is 5.79. The van der Waals surface area contributed by atoms with E-state index in [2.05, 4.69) is 36.5 Å². The summed E-state index contributed by atoms with van der Waals surface area (Å²) in [5.74, 6) is 0.530. The molecule has 0 saturated heterocycles. The topological polar surface area (TPSA) is 51.5 Å². The zero-order valence-corrected chi connectivity index (χ0v) is 19.1. The maximum atomic E-state index is 12.7. The van der Waals surface area contributed by atoms with Gasteiger partial charge in [0.1, 0.15) is 11.3 Å². The lowest BCUT2D eigenvalue weighted by molar-refractivity contribution is -0.111. The number of para-hydroxylation sites is 1. The lowest BCUT2D eigenvalue weighted by Crippen LogP contribution is -2.09. The van der Waals surface area contributed by atoms with Crippen molar-refractivity contribution in [1.29, 1.82) is 0 Å². The van der Waals surface area contributed by atoms with Gasteiger partial charge in [0, 0.05) is 33.8 Å². The zero-order valence-electron chi connectivity index (χ0n) is 19.1. The molecule has 0 aliphatic heterocycles. The van der Waals surface area contributed by atoms with Gasteiger partial charge in [-0.05, 0) is 56.5 Å².